The van der Waals surface area contributed by atoms with E-state index in [2.05, 4.69) is 79.4 Å². The third-order valence-electron chi connectivity index (χ3n) is 6.03. The van der Waals surface area contributed by atoms with Crippen LogP contribution >= 0.6 is 0 Å². The summed E-state index contributed by atoms with van der Waals surface area (Å²) in [5.41, 5.74) is 4.32. The molecule has 0 saturated carbocycles. The number of aliphatic hydroxyl groups is 1. The highest BCUT2D eigenvalue weighted by Gasteiger charge is 2.30. The number of nitrogens with one attached hydrogen (secondary N) is 2. The number of aromatic amines is 2. The number of aromatic nitrogens is 8. The summed E-state index contributed by atoms with van der Waals surface area (Å²) in [7, 11) is 0. The van der Waals surface area contributed by atoms with Gasteiger partial charge in [0.25, 0.3) is 0 Å². The highest BCUT2D eigenvalue weighted by molar-refractivity contribution is 5.67. The van der Waals surface area contributed by atoms with Crippen LogP contribution in [0.2, 0.25) is 0 Å². The first-order valence-electron chi connectivity index (χ1n) is 10.5. The van der Waals surface area contributed by atoms with Crippen molar-refractivity contribution in [3.63, 3.8) is 0 Å². The summed E-state index contributed by atoms with van der Waals surface area (Å²) in [5, 5.41) is 38.9. The van der Waals surface area contributed by atoms with E-state index in [0.717, 1.165) is 29.5 Å². The molecular formula is C22H26N8O. The molecule has 0 aliphatic heterocycles. The molecule has 9 heteroatoms. The van der Waals surface area contributed by atoms with Crippen LogP contribution in [0.25, 0.3) is 22.5 Å². The van der Waals surface area contributed by atoms with Gasteiger partial charge < -0.3 is 5.11 Å². The van der Waals surface area contributed by atoms with E-state index < -0.39 is 0 Å². The molecule has 2 aromatic carbocycles. The van der Waals surface area contributed by atoms with Gasteiger partial charge in [0, 0.05) is 18.1 Å². The number of hydrogen-bond donors (Lipinski definition) is 3. The van der Waals surface area contributed by atoms with Crippen LogP contribution < -0.4 is 0 Å². The summed E-state index contributed by atoms with van der Waals surface area (Å²) < 4.78 is 0. The van der Waals surface area contributed by atoms with Crippen molar-refractivity contribution in [2.24, 2.45) is 11.8 Å². The van der Waals surface area contributed by atoms with Crippen LogP contribution in [-0.2, 0) is 6.42 Å². The quantitative estimate of drug-likeness (QED) is 0.381. The molecule has 4 aromatic rings. The van der Waals surface area contributed by atoms with E-state index >= 15 is 0 Å². The fraction of sp³-hybridized carbons (Fsp3) is 0.364. The van der Waals surface area contributed by atoms with Crippen molar-refractivity contribution in [3.05, 3.63) is 59.9 Å². The van der Waals surface area contributed by atoms with Crippen LogP contribution in [0.5, 0.6) is 0 Å². The predicted octanol–water partition coefficient (Wildman–Crippen LogP) is 3.03. The minimum Gasteiger partial charge on any atom is -0.396 e. The normalized spacial score (nSPS) is 14.3. The topological polar surface area (TPSA) is 129 Å². The summed E-state index contributed by atoms with van der Waals surface area (Å²) in [6.45, 7) is 4.40. The number of nitrogens with zero attached hydrogens (tertiary/aromatic N) is 6. The Labute approximate surface area is 180 Å². The smallest absolute Gasteiger partial charge is 0.204 e. The zero-order valence-electron chi connectivity index (χ0n) is 17.6. The predicted molar refractivity (Wildman–Crippen MR) is 116 cm³/mol. The minimum atomic E-state index is -0.00112. The van der Waals surface area contributed by atoms with Crippen LogP contribution in [-0.4, -0.2) is 53.0 Å². The van der Waals surface area contributed by atoms with Gasteiger partial charge in [-0.05, 0) is 40.2 Å². The molecule has 0 amide bonds. The standard InChI is InChI=1S/C22H26N8O/c1-3-14(2)20(13-31)19(22-25-29-30-26-22)12-15-4-6-16(7-5-15)17-8-10-18(11-9-17)21-23-27-28-24-21/h4-11,14,19-20,31H,3,12-13H2,1-2H3,(H,23,24,27,28)(H,25,26,29,30)/t14?,19-,20-/m0/s1. The van der Waals surface area contributed by atoms with Gasteiger partial charge >= 0.3 is 0 Å². The van der Waals surface area contributed by atoms with Gasteiger partial charge in [-0.25, -0.2) is 0 Å². The average molecular weight is 419 g/mol. The molecule has 4 rings (SSSR count). The number of hydrogen-bond acceptors (Lipinski definition) is 7. The first-order chi connectivity index (χ1) is 15.2. The molecule has 0 spiro atoms. The Morgan fingerprint density at radius 3 is 2.00 bits per heavy atom. The molecule has 31 heavy (non-hydrogen) atoms. The molecular weight excluding hydrogens is 392 g/mol. The van der Waals surface area contributed by atoms with Gasteiger partial charge in [0.15, 0.2) is 5.82 Å². The summed E-state index contributed by atoms with van der Waals surface area (Å²) in [4.78, 5) is 0. The molecule has 160 valence electrons. The van der Waals surface area contributed by atoms with E-state index in [1.165, 1.54) is 5.56 Å². The maximum atomic E-state index is 10.1. The molecule has 3 atom stereocenters. The van der Waals surface area contributed by atoms with Crippen molar-refractivity contribution < 1.29 is 5.11 Å². The van der Waals surface area contributed by atoms with Gasteiger partial charge in [0.2, 0.25) is 5.82 Å². The number of aliphatic hydroxyl groups excluding tert-OH is 1. The summed E-state index contributed by atoms with van der Waals surface area (Å²) in [6, 6.07) is 16.5. The lowest BCUT2D eigenvalue weighted by Gasteiger charge is -2.28. The number of rotatable bonds is 9. The van der Waals surface area contributed by atoms with E-state index in [1.54, 1.807) is 0 Å². The van der Waals surface area contributed by atoms with Gasteiger partial charge in [-0.15, -0.1) is 20.4 Å². The fourth-order valence-electron chi connectivity index (χ4n) is 3.95. The van der Waals surface area contributed by atoms with E-state index in [9.17, 15) is 5.11 Å². The van der Waals surface area contributed by atoms with Gasteiger partial charge in [-0.2, -0.15) is 10.4 Å². The zero-order chi connectivity index (χ0) is 21.6. The Morgan fingerprint density at radius 1 is 0.839 bits per heavy atom. The van der Waals surface area contributed by atoms with Crippen molar-refractivity contribution >= 4 is 0 Å². The van der Waals surface area contributed by atoms with Crippen molar-refractivity contribution in [1.29, 1.82) is 0 Å². The number of benzene rings is 2. The number of H-pyrrole nitrogens is 2. The van der Waals surface area contributed by atoms with Crippen LogP contribution in [0.1, 0.15) is 37.6 Å². The van der Waals surface area contributed by atoms with Crippen LogP contribution in [0.3, 0.4) is 0 Å². The van der Waals surface area contributed by atoms with Crippen molar-refractivity contribution in [2.45, 2.75) is 32.6 Å². The van der Waals surface area contributed by atoms with Crippen molar-refractivity contribution in [2.75, 3.05) is 6.61 Å². The first-order valence-corrected chi connectivity index (χ1v) is 10.5. The maximum absolute atomic E-state index is 10.1. The summed E-state index contributed by atoms with van der Waals surface area (Å²) in [5.74, 6) is 1.65. The molecule has 0 radical (unpaired) electrons. The minimum absolute atomic E-state index is 0.00112. The summed E-state index contributed by atoms with van der Waals surface area (Å²) >= 11 is 0. The molecule has 9 nitrogen and oxygen atoms in total. The second kappa shape index (κ2) is 9.57. The van der Waals surface area contributed by atoms with Crippen LogP contribution in [0.15, 0.2) is 48.5 Å². The second-order valence-electron chi connectivity index (χ2n) is 7.82. The molecule has 0 aliphatic carbocycles. The lowest BCUT2D eigenvalue weighted by atomic mass is 9.78. The van der Waals surface area contributed by atoms with Gasteiger partial charge in [0.1, 0.15) is 0 Å². The lowest BCUT2D eigenvalue weighted by Crippen LogP contribution is -2.26. The number of tetrazole rings is 2. The highest BCUT2D eigenvalue weighted by Crippen LogP contribution is 2.33. The largest absolute Gasteiger partial charge is 0.396 e. The highest BCUT2D eigenvalue weighted by atomic mass is 16.3. The molecule has 2 aromatic heterocycles. The van der Waals surface area contributed by atoms with Crippen molar-refractivity contribution in [3.8, 4) is 22.5 Å². The van der Waals surface area contributed by atoms with Gasteiger partial charge in [0.05, 0.1) is 0 Å². The Bertz CT molecular complexity index is 1050. The Hall–Kier alpha value is -3.46. The molecule has 0 fully saturated rings. The zero-order valence-corrected chi connectivity index (χ0v) is 17.6. The Morgan fingerprint density at radius 2 is 1.45 bits per heavy atom. The summed E-state index contributed by atoms with van der Waals surface area (Å²) in [6.07, 6.45) is 1.73. The first kappa shape index (κ1) is 20.8. The van der Waals surface area contributed by atoms with E-state index in [1.807, 2.05) is 24.3 Å². The Kier molecular flexibility index (Phi) is 6.42. The Balaban J connectivity index is 1.52. The lowest BCUT2D eigenvalue weighted by molar-refractivity contribution is 0.150. The van der Waals surface area contributed by atoms with Gasteiger partial charge in [-0.3, -0.25) is 0 Å². The van der Waals surface area contributed by atoms with Crippen LogP contribution in [0, 0.1) is 11.8 Å². The fourth-order valence-corrected chi connectivity index (χ4v) is 3.95. The monoisotopic (exact) mass is 418 g/mol. The van der Waals surface area contributed by atoms with Gasteiger partial charge in [-0.1, -0.05) is 74.0 Å². The molecule has 0 aliphatic rings. The molecule has 0 bridgehead atoms. The van der Waals surface area contributed by atoms with Crippen molar-refractivity contribution in [1.82, 2.24) is 41.2 Å². The SMILES string of the molecule is CCC(C)[C@H](CO)[C@H](Cc1ccc(-c2ccc(-c3nn[nH]n3)cc2)cc1)c1nn[nH]n1. The maximum Gasteiger partial charge on any atom is 0.204 e. The molecule has 3 N–H and O–H groups in total. The molecule has 1 unspecified atom stereocenters. The molecule has 0 saturated heterocycles. The second-order valence-corrected chi connectivity index (χ2v) is 7.82. The van der Waals surface area contributed by atoms with E-state index in [-0.39, 0.29) is 18.4 Å². The molecule has 2 heterocycles. The van der Waals surface area contributed by atoms with E-state index in [0.29, 0.717) is 17.6 Å². The van der Waals surface area contributed by atoms with Crippen LogP contribution in [0.4, 0.5) is 0 Å². The average Bonchev–Trinajstić information content (AvgIpc) is 3.54. The third kappa shape index (κ3) is 4.66. The van der Waals surface area contributed by atoms with E-state index in [4.69, 9.17) is 0 Å². The third-order valence-corrected chi connectivity index (χ3v) is 6.03.